The highest BCUT2D eigenvalue weighted by Crippen LogP contribution is 2.29. The quantitative estimate of drug-likeness (QED) is 0.751. The summed E-state index contributed by atoms with van der Waals surface area (Å²) in [4.78, 5) is 1.41. The first-order valence-electron chi connectivity index (χ1n) is 6.69. The minimum atomic E-state index is -3.35. The van der Waals surface area contributed by atoms with Gasteiger partial charge in [-0.1, -0.05) is 13.8 Å². The number of hydrogen-bond donors (Lipinski definition) is 1. The van der Waals surface area contributed by atoms with E-state index in [0.717, 1.165) is 29.8 Å². The Labute approximate surface area is 120 Å². The van der Waals surface area contributed by atoms with Crippen LogP contribution >= 0.6 is 11.3 Å². The minimum Gasteiger partial charge on any atom is -0.312 e. The summed E-state index contributed by atoms with van der Waals surface area (Å²) in [5.41, 5.74) is 0.848. The third-order valence-electron chi connectivity index (χ3n) is 2.91. The van der Waals surface area contributed by atoms with E-state index in [1.165, 1.54) is 15.6 Å². The van der Waals surface area contributed by atoms with Crippen molar-refractivity contribution in [1.82, 2.24) is 9.62 Å². The number of nitrogens with zero attached hydrogens (tertiary/aromatic N) is 1. The monoisotopic (exact) mass is 304 g/mol. The van der Waals surface area contributed by atoms with Gasteiger partial charge in [-0.15, -0.1) is 11.3 Å². The van der Waals surface area contributed by atoms with Crippen molar-refractivity contribution in [2.75, 3.05) is 20.1 Å². The van der Waals surface area contributed by atoms with Crippen molar-refractivity contribution in [3.63, 3.8) is 0 Å². The lowest BCUT2D eigenvalue weighted by Crippen LogP contribution is -2.29. The van der Waals surface area contributed by atoms with E-state index in [4.69, 9.17) is 0 Å². The van der Waals surface area contributed by atoms with Crippen LogP contribution in [0.2, 0.25) is 0 Å². The van der Waals surface area contributed by atoms with Crippen LogP contribution in [0.4, 0.5) is 0 Å². The predicted molar refractivity (Wildman–Crippen MR) is 81.2 cm³/mol. The van der Waals surface area contributed by atoms with Gasteiger partial charge in [-0.3, -0.25) is 0 Å². The molecule has 0 aromatic carbocycles. The van der Waals surface area contributed by atoms with Crippen molar-refractivity contribution < 1.29 is 8.42 Å². The van der Waals surface area contributed by atoms with Crippen molar-refractivity contribution in [2.45, 2.75) is 45.1 Å². The lowest BCUT2D eigenvalue weighted by molar-refractivity contribution is 0.467. The summed E-state index contributed by atoms with van der Waals surface area (Å²) in [6.07, 6.45) is 1.87. The normalized spacial score (nSPS) is 12.3. The second-order valence-corrected chi connectivity index (χ2v) is 7.62. The molecule has 0 atom stereocenters. The van der Waals surface area contributed by atoms with Crippen LogP contribution in [0.15, 0.2) is 10.3 Å². The van der Waals surface area contributed by atoms with Gasteiger partial charge in [0.25, 0.3) is 0 Å². The summed E-state index contributed by atoms with van der Waals surface area (Å²) >= 11 is 1.52. The fourth-order valence-corrected chi connectivity index (χ4v) is 4.91. The fourth-order valence-electron chi connectivity index (χ4n) is 1.93. The Kier molecular flexibility index (Phi) is 6.46. The molecule has 1 heterocycles. The molecule has 19 heavy (non-hydrogen) atoms. The molecular weight excluding hydrogens is 280 g/mol. The Hall–Kier alpha value is -0.430. The van der Waals surface area contributed by atoms with E-state index in [0.29, 0.717) is 18.0 Å². The molecule has 0 unspecified atom stereocenters. The molecule has 0 aliphatic carbocycles. The molecule has 0 aliphatic rings. The van der Waals surface area contributed by atoms with Crippen LogP contribution in [-0.2, 0) is 16.6 Å². The molecule has 0 bridgehead atoms. The van der Waals surface area contributed by atoms with E-state index in [1.807, 2.05) is 19.2 Å². The minimum absolute atomic E-state index is 0.497. The van der Waals surface area contributed by atoms with Crippen LogP contribution in [0.25, 0.3) is 0 Å². The molecule has 0 saturated heterocycles. The van der Waals surface area contributed by atoms with Gasteiger partial charge in [0.2, 0.25) is 10.0 Å². The lowest BCUT2D eigenvalue weighted by Gasteiger charge is -2.17. The lowest BCUT2D eigenvalue weighted by atomic mass is 10.3. The van der Waals surface area contributed by atoms with Gasteiger partial charge in [-0.25, -0.2) is 12.7 Å². The number of hydrogen-bond acceptors (Lipinski definition) is 4. The third-order valence-corrected chi connectivity index (χ3v) is 6.23. The maximum absolute atomic E-state index is 12.6. The van der Waals surface area contributed by atoms with Gasteiger partial charge >= 0.3 is 0 Å². The maximum atomic E-state index is 12.6. The Balaban J connectivity index is 3.01. The predicted octanol–water partition coefficient (Wildman–Crippen LogP) is 2.59. The molecular formula is C13H24N2O2S2. The van der Waals surface area contributed by atoms with E-state index in [-0.39, 0.29) is 0 Å². The highest BCUT2D eigenvalue weighted by Gasteiger charge is 2.26. The molecule has 4 nitrogen and oxygen atoms in total. The Morgan fingerprint density at radius 2 is 2.00 bits per heavy atom. The smallest absolute Gasteiger partial charge is 0.244 e. The van der Waals surface area contributed by atoms with Crippen molar-refractivity contribution in [1.29, 1.82) is 0 Å². The molecule has 0 amide bonds. The highest BCUT2D eigenvalue weighted by atomic mass is 32.2. The SMILES string of the molecule is CCCNCc1scc(C)c1S(=O)(=O)N(C)CCC. The van der Waals surface area contributed by atoms with Gasteiger partial charge in [-0.2, -0.15) is 0 Å². The van der Waals surface area contributed by atoms with Crippen LogP contribution in [0.3, 0.4) is 0 Å². The molecule has 0 spiro atoms. The van der Waals surface area contributed by atoms with Crippen LogP contribution in [0.1, 0.15) is 37.1 Å². The van der Waals surface area contributed by atoms with Gasteiger partial charge in [0.05, 0.1) is 0 Å². The first kappa shape index (κ1) is 16.6. The standard InChI is InChI=1S/C13H24N2O2S2/c1-5-7-14-9-12-13(11(3)10-18-12)19(16,17)15(4)8-6-2/h10,14H,5-9H2,1-4H3. The van der Waals surface area contributed by atoms with Crippen molar-refractivity contribution in [3.8, 4) is 0 Å². The molecule has 0 aliphatic heterocycles. The van der Waals surface area contributed by atoms with E-state index >= 15 is 0 Å². The van der Waals surface area contributed by atoms with Gasteiger partial charge in [0.15, 0.2) is 0 Å². The van der Waals surface area contributed by atoms with Crippen molar-refractivity contribution >= 4 is 21.4 Å². The molecule has 1 aromatic rings. The average Bonchev–Trinajstić information content (AvgIpc) is 2.72. The third kappa shape index (κ3) is 4.02. The number of rotatable bonds is 8. The summed E-state index contributed by atoms with van der Waals surface area (Å²) in [5, 5.41) is 5.20. The summed E-state index contributed by atoms with van der Waals surface area (Å²) in [5.74, 6) is 0. The number of aryl methyl sites for hydroxylation is 1. The Morgan fingerprint density at radius 1 is 1.32 bits per heavy atom. The Bertz CT molecular complexity index is 495. The molecule has 6 heteroatoms. The van der Waals surface area contributed by atoms with Gasteiger partial charge in [0, 0.05) is 25.0 Å². The van der Waals surface area contributed by atoms with E-state index in [2.05, 4.69) is 12.2 Å². The zero-order valence-corrected chi connectivity index (χ0v) is 13.8. The number of thiophene rings is 1. The van der Waals surface area contributed by atoms with Crippen LogP contribution in [0.5, 0.6) is 0 Å². The first-order chi connectivity index (χ1) is 8.95. The second-order valence-electron chi connectivity index (χ2n) is 4.67. The maximum Gasteiger partial charge on any atom is 0.244 e. The van der Waals surface area contributed by atoms with Gasteiger partial charge in [0.1, 0.15) is 4.90 Å². The van der Waals surface area contributed by atoms with E-state index in [1.54, 1.807) is 7.05 Å². The average molecular weight is 304 g/mol. The number of nitrogens with one attached hydrogen (secondary N) is 1. The summed E-state index contributed by atoms with van der Waals surface area (Å²) in [7, 11) is -1.70. The first-order valence-corrected chi connectivity index (χ1v) is 9.01. The molecule has 1 aromatic heterocycles. The van der Waals surface area contributed by atoms with E-state index in [9.17, 15) is 8.42 Å². The molecule has 1 N–H and O–H groups in total. The molecule has 0 fully saturated rings. The summed E-state index contributed by atoms with van der Waals surface area (Å²) in [6, 6.07) is 0. The molecule has 0 radical (unpaired) electrons. The van der Waals surface area contributed by atoms with Gasteiger partial charge in [-0.05, 0) is 37.3 Å². The second kappa shape index (κ2) is 7.38. The van der Waals surface area contributed by atoms with Crippen LogP contribution in [-0.4, -0.2) is 32.9 Å². The molecule has 0 saturated carbocycles. The summed E-state index contributed by atoms with van der Waals surface area (Å²) < 4.78 is 26.6. The van der Waals surface area contributed by atoms with Crippen molar-refractivity contribution in [3.05, 3.63) is 15.8 Å². The molecule has 1 rings (SSSR count). The van der Waals surface area contributed by atoms with Crippen LogP contribution < -0.4 is 5.32 Å². The van der Waals surface area contributed by atoms with Crippen molar-refractivity contribution in [2.24, 2.45) is 0 Å². The largest absolute Gasteiger partial charge is 0.312 e. The Morgan fingerprint density at radius 3 is 2.58 bits per heavy atom. The van der Waals surface area contributed by atoms with Gasteiger partial charge < -0.3 is 5.32 Å². The van der Waals surface area contributed by atoms with Crippen LogP contribution in [0, 0.1) is 6.92 Å². The number of sulfonamides is 1. The highest BCUT2D eigenvalue weighted by molar-refractivity contribution is 7.89. The topological polar surface area (TPSA) is 49.4 Å². The zero-order chi connectivity index (χ0) is 14.5. The fraction of sp³-hybridized carbons (Fsp3) is 0.692. The summed E-state index contributed by atoms with van der Waals surface area (Å²) in [6.45, 7) is 8.03. The zero-order valence-electron chi connectivity index (χ0n) is 12.2. The molecule has 110 valence electrons. The van der Waals surface area contributed by atoms with E-state index < -0.39 is 10.0 Å².